The van der Waals surface area contributed by atoms with Gasteiger partial charge in [-0.15, -0.1) is 0 Å². The highest BCUT2D eigenvalue weighted by Gasteiger charge is 2.40. The zero-order valence-electron chi connectivity index (χ0n) is 17.4. The summed E-state index contributed by atoms with van der Waals surface area (Å²) in [4.78, 5) is 28.1. The number of ketones is 1. The highest BCUT2D eigenvalue weighted by Crippen LogP contribution is 2.46. The van der Waals surface area contributed by atoms with Crippen molar-refractivity contribution >= 4 is 17.4 Å². The highest BCUT2D eigenvalue weighted by molar-refractivity contribution is 6.08. The number of hydrogen-bond acceptors (Lipinski definition) is 5. The second kappa shape index (κ2) is 8.22. The van der Waals surface area contributed by atoms with Crippen molar-refractivity contribution in [1.82, 2.24) is 0 Å². The van der Waals surface area contributed by atoms with Gasteiger partial charge in [0.2, 0.25) is 5.91 Å². The summed E-state index contributed by atoms with van der Waals surface area (Å²) in [5.41, 5.74) is 3.06. The monoisotopic (exact) mass is 407 g/mol. The Morgan fingerprint density at radius 1 is 0.900 bits per heavy atom. The van der Waals surface area contributed by atoms with Crippen LogP contribution < -0.4 is 19.1 Å². The standard InChI is InChI=1S/C24H25NO5/c1-28-16-7-4-6-15(12-16)18-14-23(27)25(20-8-5-9-21(26)24(18)20)19-11-10-17(29-2)13-22(19)30-3/h4,6-7,10-13,18H,5,8-9,14H2,1-3H3. The average Bonchev–Trinajstić information content (AvgIpc) is 2.78. The Morgan fingerprint density at radius 2 is 1.67 bits per heavy atom. The van der Waals surface area contributed by atoms with Crippen LogP contribution in [-0.2, 0) is 9.59 Å². The molecule has 1 atom stereocenters. The Hall–Kier alpha value is -3.28. The number of nitrogens with zero attached hydrogens (tertiary/aromatic N) is 1. The fraction of sp³-hybridized carbons (Fsp3) is 0.333. The molecule has 2 aliphatic rings. The number of anilines is 1. The largest absolute Gasteiger partial charge is 0.497 e. The van der Waals surface area contributed by atoms with E-state index in [0.717, 1.165) is 23.3 Å². The molecule has 6 nitrogen and oxygen atoms in total. The van der Waals surface area contributed by atoms with Crippen molar-refractivity contribution in [2.45, 2.75) is 31.6 Å². The predicted octanol–water partition coefficient (Wildman–Crippen LogP) is 4.24. The zero-order chi connectivity index (χ0) is 21.3. The molecule has 4 rings (SSSR count). The van der Waals surface area contributed by atoms with Gasteiger partial charge in [0, 0.05) is 36.1 Å². The van der Waals surface area contributed by atoms with E-state index in [1.54, 1.807) is 38.4 Å². The Labute approximate surface area is 176 Å². The van der Waals surface area contributed by atoms with E-state index < -0.39 is 0 Å². The number of carbonyl (C=O) groups is 2. The molecule has 2 aromatic carbocycles. The number of Topliss-reactive ketones (excluding diaryl/α,β-unsaturated/α-hetero) is 1. The summed E-state index contributed by atoms with van der Waals surface area (Å²) in [5, 5.41) is 0. The van der Waals surface area contributed by atoms with Crippen LogP contribution in [0, 0.1) is 0 Å². The molecule has 0 radical (unpaired) electrons. The van der Waals surface area contributed by atoms with Crippen molar-refractivity contribution in [2.24, 2.45) is 0 Å². The van der Waals surface area contributed by atoms with Gasteiger partial charge in [0.1, 0.15) is 17.2 Å². The molecule has 0 fully saturated rings. The van der Waals surface area contributed by atoms with Crippen LogP contribution in [-0.4, -0.2) is 33.0 Å². The van der Waals surface area contributed by atoms with Gasteiger partial charge in [-0.1, -0.05) is 12.1 Å². The summed E-state index contributed by atoms with van der Waals surface area (Å²) < 4.78 is 16.2. The number of amides is 1. The molecule has 1 aliphatic heterocycles. The summed E-state index contributed by atoms with van der Waals surface area (Å²) in [6.45, 7) is 0. The SMILES string of the molecule is COc1cccc(C2CC(=O)N(c3ccc(OC)cc3OC)C3=C2C(=O)CCC3)c1. The maximum absolute atomic E-state index is 13.4. The van der Waals surface area contributed by atoms with Gasteiger partial charge in [0.15, 0.2) is 5.78 Å². The second-order valence-electron chi connectivity index (χ2n) is 7.44. The molecule has 0 aromatic heterocycles. The summed E-state index contributed by atoms with van der Waals surface area (Å²) in [6.07, 6.45) is 2.11. The molecule has 0 N–H and O–H groups in total. The Bertz CT molecular complexity index is 1030. The van der Waals surface area contributed by atoms with Crippen LogP contribution in [0.5, 0.6) is 17.2 Å². The van der Waals surface area contributed by atoms with Crippen LogP contribution in [0.2, 0.25) is 0 Å². The Balaban J connectivity index is 1.86. The molecule has 1 amide bonds. The smallest absolute Gasteiger partial charge is 0.232 e. The van der Waals surface area contributed by atoms with Gasteiger partial charge in [0.25, 0.3) is 0 Å². The number of carbonyl (C=O) groups excluding carboxylic acids is 2. The first-order valence-electron chi connectivity index (χ1n) is 10.0. The highest BCUT2D eigenvalue weighted by atomic mass is 16.5. The third-order valence-electron chi connectivity index (χ3n) is 5.80. The molecule has 2 aromatic rings. The molecular weight excluding hydrogens is 382 g/mol. The first-order valence-corrected chi connectivity index (χ1v) is 10.0. The molecule has 0 saturated heterocycles. The predicted molar refractivity (Wildman–Crippen MR) is 113 cm³/mol. The van der Waals surface area contributed by atoms with E-state index in [2.05, 4.69) is 0 Å². The third kappa shape index (κ3) is 3.43. The molecule has 1 aliphatic carbocycles. The molecule has 0 spiro atoms. The van der Waals surface area contributed by atoms with Crippen molar-refractivity contribution in [3.05, 3.63) is 59.3 Å². The third-order valence-corrected chi connectivity index (χ3v) is 5.80. The van der Waals surface area contributed by atoms with Crippen molar-refractivity contribution < 1.29 is 23.8 Å². The molecule has 1 unspecified atom stereocenters. The van der Waals surface area contributed by atoms with Gasteiger partial charge in [-0.05, 0) is 42.7 Å². The minimum atomic E-state index is -0.268. The van der Waals surface area contributed by atoms with Gasteiger partial charge in [-0.2, -0.15) is 0 Å². The van der Waals surface area contributed by atoms with Crippen molar-refractivity contribution in [1.29, 1.82) is 0 Å². The fourth-order valence-corrected chi connectivity index (χ4v) is 4.39. The lowest BCUT2D eigenvalue weighted by atomic mass is 9.77. The van der Waals surface area contributed by atoms with Crippen LogP contribution in [0.1, 0.15) is 37.2 Å². The van der Waals surface area contributed by atoms with Crippen LogP contribution in [0.25, 0.3) is 0 Å². The molecule has 1 heterocycles. The van der Waals surface area contributed by atoms with Crippen LogP contribution in [0.3, 0.4) is 0 Å². The normalized spacial score (nSPS) is 18.9. The number of methoxy groups -OCH3 is 3. The van der Waals surface area contributed by atoms with E-state index >= 15 is 0 Å². The summed E-state index contributed by atoms with van der Waals surface area (Å²) in [5.74, 6) is 1.67. The average molecular weight is 407 g/mol. The lowest BCUT2D eigenvalue weighted by Gasteiger charge is -2.38. The Morgan fingerprint density at radius 3 is 2.40 bits per heavy atom. The zero-order valence-corrected chi connectivity index (χ0v) is 17.4. The van der Waals surface area contributed by atoms with Crippen LogP contribution in [0.4, 0.5) is 5.69 Å². The second-order valence-corrected chi connectivity index (χ2v) is 7.44. The first-order chi connectivity index (χ1) is 14.6. The topological polar surface area (TPSA) is 65.1 Å². The number of rotatable bonds is 5. The van der Waals surface area contributed by atoms with Gasteiger partial charge in [-0.25, -0.2) is 0 Å². The van der Waals surface area contributed by atoms with Crippen LogP contribution in [0.15, 0.2) is 53.7 Å². The van der Waals surface area contributed by atoms with E-state index in [1.807, 2.05) is 30.3 Å². The minimum absolute atomic E-state index is 0.0558. The summed E-state index contributed by atoms with van der Waals surface area (Å²) in [6, 6.07) is 13.0. The first kappa shape index (κ1) is 20.0. The van der Waals surface area contributed by atoms with E-state index in [0.29, 0.717) is 35.8 Å². The summed E-state index contributed by atoms with van der Waals surface area (Å²) in [7, 11) is 4.76. The Kier molecular flexibility index (Phi) is 5.48. The van der Waals surface area contributed by atoms with Gasteiger partial charge in [0.05, 0.1) is 27.0 Å². The van der Waals surface area contributed by atoms with E-state index in [1.165, 1.54) is 0 Å². The number of ether oxygens (including phenoxy) is 3. The lowest BCUT2D eigenvalue weighted by molar-refractivity contribution is -0.120. The molecule has 0 bridgehead atoms. The number of benzene rings is 2. The fourth-order valence-electron chi connectivity index (χ4n) is 4.39. The van der Waals surface area contributed by atoms with Crippen LogP contribution >= 0.6 is 0 Å². The quantitative estimate of drug-likeness (QED) is 0.742. The van der Waals surface area contributed by atoms with Gasteiger partial charge in [-0.3, -0.25) is 14.5 Å². The van der Waals surface area contributed by atoms with E-state index in [4.69, 9.17) is 14.2 Å². The lowest BCUT2D eigenvalue weighted by Crippen LogP contribution is -2.40. The minimum Gasteiger partial charge on any atom is -0.497 e. The van der Waals surface area contributed by atoms with Crippen molar-refractivity contribution in [2.75, 3.05) is 26.2 Å². The maximum atomic E-state index is 13.4. The molecule has 30 heavy (non-hydrogen) atoms. The molecular formula is C24H25NO5. The number of hydrogen-bond donors (Lipinski definition) is 0. The van der Waals surface area contributed by atoms with Gasteiger partial charge >= 0.3 is 0 Å². The van der Waals surface area contributed by atoms with E-state index in [-0.39, 0.29) is 24.0 Å². The molecule has 6 heteroatoms. The van der Waals surface area contributed by atoms with Crippen molar-refractivity contribution in [3.63, 3.8) is 0 Å². The van der Waals surface area contributed by atoms with Gasteiger partial charge < -0.3 is 14.2 Å². The summed E-state index contributed by atoms with van der Waals surface area (Å²) >= 11 is 0. The molecule has 156 valence electrons. The number of allylic oxidation sites excluding steroid dienone is 2. The maximum Gasteiger partial charge on any atom is 0.232 e. The van der Waals surface area contributed by atoms with Crippen molar-refractivity contribution in [3.8, 4) is 17.2 Å². The van der Waals surface area contributed by atoms with E-state index in [9.17, 15) is 9.59 Å². The molecule has 0 saturated carbocycles.